The predicted molar refractivity (Wildman–Crippen MR) is 66.1 cm³/mol. The quantitative estimate of drug-likeness (QED) is 0.619. The van der Waals surface area contributed by atoms with Crippen LogP contribution in [0, 0.1) is 0 Å². The van der Waals surface area contributed by atoms with E-state index in [1.165, 1.54) is 6.20 Å². The van der Waals surface area contributed by atoms with Gasteiger partial charge in [0.25, 0.3) is 0 Å². The number of aliphatic hydroxyl groups excluding tert-OH is 1. The lowest BCUT2D eigenvalue weighted by atomic mass is 10.3. The lowest BCUT2D eigenvalue weighted by molar-refractivity contribution is 0.112. The monoisotopic (exact) mass is 246 g/mol. The Balaban J connectivity index is 2.04. The molecule has 0 unspecified atom stereocenters. The number of aliphatic hydroxyl groups is 1. The minimum absolute atomic E-state index is 0.125. The van der Waals surface area contributed by atoms with E-state index in [1.54, 1.807) is 10.9 Å². The van der Waals surface area contributed by atoms with Gasteiger partial charge in [-0.2, -0.15) is 5.10 Å². The van der Waals surface area contributed by atoms with Gasteiger partial charge in [-0.15, -0.1) is 0 Å². The maximum atomic E-state index is 10.6. The van der Waals surface area contributed by atoms with Gasteiger partial charge in [-0.25, -0.2) is 4.68 Å². The van der Waals surface area contributed by atoms with E-state index in [4.69, 9.17) is 9.84 Å². The van der Waals surface area contributed by atoms with Crippen molar-refractivity contribution in [2.75, 3.05) is 13.2 Å². The zero-order chi connectivity index (χ0) is 12.8. The molecule has 0 amide bonds. The third-order valence-corrected chi connectivity index (χ3v) is 2.41. The highest BCUT2D eigenvalue weighted by atomic mass is 16.5. The summed E-state index contributed by atoms with van der Waals surface area (Å²) in [4.78, 5) is 10.6. The summed E-state index contributed by atoms with van der Waals surface area (Å²) in [6, 6.07) is 7.37. The summed E-state index contributed by atoms with van der Waals surface area (Å²) < 4.78 is 7.04. The molecular weight excluding hydrogens is 232 g/mol. The summed E-state index contributed by atoms with van der Waals surface area (Å²) in [5.41, 5.74) is 1.40. The average Bonchev–Trinajstić information content (AvgIpc) is 2.89. The molecule has 94 valence electrons. The van der Waals surface area contributed by atoms with Crippen molar-refractivity contribution in [3.05, 3.63) is 42.2 Å². The SMILES string of the molecule is O=Cc1cnn(-c2ccc(OCCCO)cc2)c1. The van der Waals surface area contributed by atoms with Gasteiger partial charge in [0.05, 0.1) is 24.1 Å². The maximum Gasteiger partial charge on any atom is 0.153 e. The van der Waals surface area contributed by atoms with Crippen LogP contribution in [0.1, 0.15) is 16.8 Å². The molecule has 1 heterocycles. The van der Waals surface area contributed by atoms with Gasteiger partial charge in [-0.3, -0.25) is 4.79 Å². The summed E-state index contributed by atoms with van der Waals surface area (Å²) in [5.74, 6) is 0.745. The van der Waals surface area contributed by atoms with Gasteiger partial charge in [0.15, 0.2) is 6.29 Å². The summed E-state index contributed by atoms with van der Waals surface area (Å²) in [5, 5.41) is 12.7. The van der Waals surface area contributed by atoms with Gasteiger partial charge in [0.1, 0.15) is 5.75 Å². The number of rotatable bonds is 6. The molecule has 0 aliphatic carbocycles. The predicted octanol–water partition coefficient (Wildman–Crippen LogP) is 1.45. The van der Waals surface area contributed by atoms with Crippen molar-refractivity contribution >= 4 is 6.29 Å². The molecule has 0 fully saturated rings. The Morgan fingerprint density at radius 3 is 2.72 bits per heavy atom. The first-order valence-corrected chi connectivity index (χ1v) is 5.67. The number of aldehydes is 1. The normalized spacial score (nSPS) is 10.3. The van der Waals surface area contributed by atoms with Gasteiger partial charge in [-0.1, -0.05) is 0 Å². The standard InChI is InChI=1S/C13H14N2O3/c16-6-1-7-18-13-4-2-12(3-5-13)15-9-11(10-17)8-14-15/h2-5,8-10,16H,1,6-7H2. The topological polar surface area (TPSA) is 64.4 Å². The Morgan fingerprint density at radius 2 is 2.11 bits per heavy atom. The zero-order valence-corrected chi connectivity index (χ0v) is 9.82. The Hall–Kier alpha value is -2.14. The first-order chi connectivity index (χ1) is 8.83. The molecule has 5 heteroatoms. The third-order valence-electron chi connectivity index (χ3n) is 2.41. The van der Waals surface area contributed by atoms with Crippen LogP contribution in [0.5, 0.6) is 5.75 Å². The Labute approximate surface area is 105 Å². The highest BCUT2D eigenvalue weighted by Gasteiger charge is 2.00. The van der Waals surface area contributed by atoms with E-state index in [2.05, 4.69) is 5.10 Å². The van der Waals surface area contributed by atoms with Crippen molar-refractivity contribution in [1.29, 1.82) is 0 Å². The zero-order valence-electron chi connectivity index (χ0n) is 9.82. The molecular formula is C13H14N2O3. The molecule has 0 aliphatic heterocycles. The van der Waals surface area contributed by atoms with Gasteiger partial charge in [0.2, 0.25) is 0 Å². The molecule has 1 aromatic heterocycles. The molecule has 0 saturated heterocycles. The second-order valence-corrected chi connectivity index (χ2v) is 3.76. The third kappa shape index (κ3) is 2.95. The van der Waals surface area contributed by atoms with Gasteiger partial charge < -0.3 is 9.84 Å². The number of hydrogen-bond donors (Lipinski definition) is 1. The van der Waals surface area contributed by atoms with Gasteiger partial charge in [-0.05, 0) is 24.3 Å². The van der Waals surface area contributed by atoms with E-state index < -0.39 is 0 Å². The minimum atomic E-state index is 0.125. The van der Waals surface area contributed by atoms with Crippen molar-refractivity contribution < 1.29 is 14.6 Å². The van der Waals surface area contributed by atoms with Crippen LogP contribution in [0.2, 0.25) is 0 Å². The van der Waals surface area contributed by atoms with E-state index in [0.717, 1.165) is 17.7 Å². The first kappa shape index (κ1) is 12.3. The molecule has 2 rings (SSSR count). The molecule has 5 nitrogen and oxygen atoms in total. The van der Waals surface area contributed by atoms with Crippen molar-refractivity contribution in [1.82, 2.24) is 9.78 Å². The molecule has 0 aliphatic rings. The van der Waals surface area contributed by atoms with Crippen LogP contribution < -0.4 is 4.74 Å². The molecule has 0 bridgehead atoms. The van der Waals surface area contributed by atoms with E-state index in [0.29, 0.717) is 18.6 Å². The molecule has 0 atom stereocenters. The molecule has 1 N–H and O–H groups in total. The van der Waals surface area contributed by atoms with Crippen molar-refractivity contribution in [2.45, 2.75) is 6.42 Å². The second-order valence-electron chi connectivity index (χ2n) is 3.76. The summed E-state index contributed by atoms with van der Waals surface area (Å²) in [6.45, 7) is 0.618. The number of benzene rings is 1. The van der Waals surface area contributed by atoms with Crippen LogP contribution in [-0.4, -0.2) is 34.4 Å². The van der Waals surface area contributed by atoms with Crippen molar-refractivity contribution in [3.63, 3.8) is 0 Å². The van der Waals surface area contributed by atoms with Crippen LogP contribution in [0.4, 0.5) is 0 Å². The Morgan fingerprint density at radius 1 is 1.33 bits per heavy atom. The van der Waals surface area contributed by atoms with E-state index >= 15 is 0 Å². The minimum Gasteiger partial charge on any atom is -0.494 e. The number of hydrogen-bond acceptors (Lipinski definition) is 4. The largest absolute Gasteiger partial charge is 0.494 e. The number of ether oxygens (including phenoxy) is 1. The Kier molecular flexibility index (Phi) is 4.09. The fourth-order valence-corrected chi connectivity index (χ4v) is 1.49. The number of carbonyl (C=O) groups is 1. The van der Waals surface area contributed by atoms with Crippen molar-refractivity contribution in [3.8, 4) is 11.4 Å². The average molecular weight is 246 g/mol. The van der Waals surface area contributed by atoms with E-state index in [-0.39, 0.29) is 6.61 Å². The van der Waals surface area contributed by atoms with Crippen molar-refractivity contribution in [2.24, 2.45) is 0 Å². The number of nitrogens with zero attached hydrogens (tertiary/aromatic N) is 2. The molecule has 0 saturated carbocycles. The van der Waals surface area contributed by atoms with Gasteiger partial charge >= 0.3 is 0 Å². The molecule has 2 aromatic rings. The van der Waals surface area contributed by atoms with E-state index in [9.17, 15) is 4.79 Å². The van der Waals surface area contributed by atoms with Crippen LogP contribution in [-0.2, 0) is 0 Å². The fraction of sp³-hybridized carbons (Fsp3) is 0.231. The molecule has 1 aromatic carbocycles. The smallest absolute Gasteiger partial charge is 0.153 e. The molecule has 18 heavy (non-hydrogen) atoms. The highest BCUT2D eigenvalue weighted by molar-refractivity contribution is 5.73. The summed E-state index contributed by atoms with van der Waals surface area (Å²) in [6.07, 6.45) is 4.55. The lowest BCUT2D eigenvalue weighted by Gasteiger charge is -2.06. The highest BCUT2D eigenvalue weighted by Crippen LogP contribution is 2.15. The number of carbonyl (C=O) groups excluding carboxylic acids is 1. The number of aromatic nitrogens is 2. The summed E-state index contributed by atoms with van der Waals surface area (Å²) in [7, 11) is 0. The van der Waals surface area contributed by atoms with Crippen LogP contribution in [0.15, 0.2) is 36.7 Å². The molecule has 0 radical (unpaired) electrons. The summed E-state index contributed by atoms with van der Waals surface area (Å²) >= 11 is 0. The first-order valence-electron chi connectivity index (χ1n) is 5.67. The fourth-order valence-electron chi connectivity index (χ4n) is 1.49. The Bertz CT molecular complexity index is 505. The lowest BCUT2D eigenvalue weighted by Crippen LogP contribution is -2.00. The van der Waals surface area contributed by atoms with Crippen LogP contribution in [0.3, 0.4) is 0 Å². The molecule has 0 spiro atoms. The van der Waals surface area contributed by atoms with Gasteiger partial charge in [0, 0.05) is 19.2 Å². The van der Waals surface area contributed by atoms with Crippen LogP contribution >= 0.6 is 0 Å². The maximum absolute atomic E-state index is 10.6. The second kappa shape index (κ2) is 5.97. The van der Waals surface area contributed by atoms with Crippen LogP contribution in [0.25, 0.3) is 5.69 Å². The van der Waals surface area contributed by atoms with E-state index in [1.807, 2.05) is 24.3 Å².